The number of halogens is 2. The maximum Gasteiger partial charge on any atom is 0.275 e. The molecule has 28 heavy (non-hydrogen) atoms. The van der Waals surface area contributed by atoms with E-state index in [1.165, 1.54) is 6.26 Å². The van der Waals surface area contributed by atoms with Gasteiger partial charge in [0.25, 0.3) is 5.91 Å². The van der Waals surface area contributed by atoms with Gasteiger partial charge in [-0.1, -0.05) is 0 Å². The lowest BCUT2D eigenvalue weighted by molar-refractivity contribution is -0.895. The number of carbonyl (C=O) groups is 1. The first-order valence-electron chi connectivity index (χ1n) is 8.89. The van der Waals surface area contributed by atoms with E-state index in [1.807, 2.05) is 6.92 Å². The molecule has 1 aromatic carbocycles. The lowest BCUT2D eigenvalue weighted by atomic mass is 10.2. The van der Waals surface area contributed by atoms with Crippen LogP contribution in [0.5, 0.6) is 0 Å². The van der Waals surface area contributed by atoms with Crippen molar-refractivity contribution in [3.63, 3.8) is 0 Å². The van der Waals surface area contributed by atoms with Crippen LogP contribution >= 0.6 is 0 Å². The zero-order valence-electron chi connectivity index (χ0n) is 15.3. The molecular formula is C18H22F2N3O4S+. The van der Waals surface area contributed by atoms with Crippen LogP contribution in [0.4, 0.5) is 8.78 Å². The van der Waals surface area contributed by atoms with E-state index < -0.39 is 26.6 Å². The van der Waals surface area contributed by atoms with Gasteiger partial charge in [-0.2, -0.15) is 4.31 Å². The maximum absolute atomic E-state index is 13.9. The number of piperazine rings is 1. The van der Waals surface area contributed by atoms with Crippen molar-refractivity contribution >= 4 is 15.9 Å². The molecule has 1 aromatic heterocycles. The molecule has 7 nitrogen and oxygen atoms in total. The largest absolute Gasteiger partial charge is 0.467 e. The van der Waals surface area contributed by atoms with E-state index in [9.17, 15) is 22.0 Å². The van der Waals surface area contributed by atoms with E-state index in [4.69, 9.17) is 4.42 Å². The molecule has 1 saturated heterocycles. The van der Waals surface area contributed by atoms with E-state index in [1.54, 1.807) is 12.1 Å². The fourth-order valence-electron chi connectivity index (χ4n) is 3.16. The van der Waals surface area contributed by atoms with Gasteiger partial charge in [0.2, 0.25) is 10.0 Å². The second kappa shape index (κ2) is 8.38. The number of quaternary nitrogens is 1. The highest BCUT2D eigenvalue weighted by Crippen LogP contribution is 2.20. The first-order valence-corrected chi connectivity index (χ1v) is 10.3. The van der Waals surface area contributed by atoms with Crippen LogP contribution in [-0.4, -0.2) is 51.4 Å². The Hall–Kier alpha value is -2.30. The highest BCUT2D eigenvalue weighted by Gasteiger charge is 2.33. The Kier molecular flexibility index (Phi) is 6.11. The Labute approximate surface area is 162 Å². The minimum atomic E-state index is -4.12. The first kappa shape index (κ1) is 20.4. The lowest BCUT2D eigenvalue weighted by Crippen LogP contribution is -3.15. The molecule has 1 aliphatic rings. The third-order valence-electron chi connectivity index (χ3n) is 4.70. The molecule has 1 amide bonds. The number of nitrogens with one attached hydrogen (secondary N) is 2. The molecule has 0 radical (unpaired) electrons. The average molecular weight is 414 g/mol. The molecule has 0 saturated carbocycles. The standard InChI is InChI=1S/C18H21F2N3O4S/c1-13(16-3-2-10-27-16)21-18(24)12-22-6-8-23(9-7-22)28(25,26)17-11-14(19)4-5-15(17)20/h2-5,10-11,13H,6-9,12H2,1H3,(H,21,24)/p+1/t13-/m1/s1. The summed E-state index contributed by atoms with van der Waals surface area (Å²) < 4.78 is 58.8. The molecular weight excluding hydrogens is 392 g/mol. The van der Waals surface area contributed by atoms with Crippen LogP contribution in [0.1, 0.15) is 18.7 Å². The summed E-state index contributed by atoms with van der Waals surface area (Å²) in [4.78, 5) is 12.4. The minimum absolute atomic E-state index is 0.120. The smallest absolute Gasteiger partial charge is 0.275 e. The zero-order chi connectivity index (χ0) is 20.3. The van der Waals surface area contributed by atoms with Crippen molar-refractivity contribution in [1.29, 1.82) is 0 Å². The van der Waals surface area contributed by atoms with E-state index >= 15 is 0 Å². The summed E-state index contributed by atoms with van der Waals surface area (Å²) in [6.45, 7) is 3.01. The van der Waals surface area contributed by atoms with E-state index in [-0.39, 0.29) is 31.6 Å². The van der Waals surface area contributed by atoms with Crippen molar-refractivity contribution in [2.75, 3.05) is 32.7 Å². The zero-order valence-corrected chi connectivity index (χ0v) is 16.1. The molecule has 0 bridgehead atoms. The highest BCUT2D eigenvalue weighted by atomic mass is 32.2. The van der Waals surface area contributed by atoms with Crippen LogP contribution in [0.3, 0.4) is 0 Å². The van der Waals surface area contributed by atoms with Crippen LogP contribution in [0.15, 0.2) is 45.9 Å². The fraction of sp³-hybridized carbons (Fsp3) is 0.389. The Morgan fingerprint density at radius 3 is 2.64 bits per heavy atom. The molecule has 0 unspecified atom stereocenters. The SMILES string of the molecule is C[C@@H](NC(=O)C[NH+]1CCN(S(=O)(=O)c2cc(F)ccc2F)CC1)c1ccco1. The predicted molar refractivity (Wildman–Crippen MR) is 95.9 cm³/mol. The van der Waals surface area contributed by atoms with E-state index in [0.29, 0.717) is 24.9 Å². The number of hydrogen-bond donors (Lipinski definition) is 2. The Bertz CT molecular complexity index is 926. The molecule has 3 rings (SSSR count). The van der Waals surface area contributed by atoms with Gasteiger partial charge in [-0.3, -0.25) is 4.79 Å². The molecule has 2 heterocycles. The topological polar surface area (TPSA) is 84.1 Å². The third kappa shape index (κ3) is 4.57. The number of furan rings is 1. The molecule has 0 aliphatic carbocycles. The fourth-order valence-corrected chi connectivity index (χ4v) is 4.68. The lowest BCUT2D eigenvalue weighted by Gasteiger charge is -2.31. The predicted octanol–water partition coefficient (Wildman–Crippen LogP) is 0.324. The third-order valence-corrected chi connectivity index (χ3v) is 6.61. The van der Waals surface area contributed by atoms with Crippen molar-refractivity contribution in [2.24, 2.45) is 0 Å². The van der Waals surface area contributed by atoms with Crippen LogP contribution in [0.2, 0.25) is 0 Å². The normalized spacial score (nSPS) is 17.4. The average Bonchev–Trinajstić information content (AvgIpc) is 3.19. The van der Waals surface area contributed by atoms with Crippen LogP contribution in [0, 0.1) is 11.6 Å². The summed E-state index contributed by atoms with van der Waals surface area (Å²) in [6.07, 6.45) is 1.53. The van der Waals surface area contributed by atoms with Crippen LogP contribution < -0.4 is 10.2 Å². The van der Waals surface area contributed by atoms with Crippen LogP contribution in [0.25, 0.3) is 0 Å². The second-order valence-corrected chi connectivity index (χ2v) is 8.62. The molecule has 152 valence electrons. The number of benzene rings is 1. The Morgan fingerprint density at radius 2 is 2.00 bits per heavy atom. The second-order valence-electron chi connectivity index (χ2n) is 6.71. The van der Waals surface area contributed by atoms with Crippen LogP contribution in [-0.2, 0) is 14.8 Å². The molecule has 0 spiro atoms. The number of nitrogens with zero attached hydrogens (tertiary/aromatic N) is 1. The number of sulfonamides is 1. The van der Waals surface area contributed by atoms with Gasteiger partial charge in [-0.15, -0.1) is 0 Å². The summed E-state index contributed by atoms with van der Waals surface area (Å²) >= 11 is 0. The Morgan fingerprint density at radius 1 is 1.29 bits per heavy atom. The number of carbonyl (C=O) groups excluding carboxylic acids is 1. The quantitative estimate of drug-likeness (QED) is 0.714. The maximum atomic E-state index is 13.9. The van der Waals surface area contributed by atoms with Crippen molar-refractivity contribution in [2.45, 2.75) is 17.9 Å². The highest BCUT2D eigenvalue weighted by molar-refractivity contribution is 7.89. The van der Waals surface area contributed by atoms with Gasteiger partial charge in [-0.05, 0) is 37.3 Å². The van der Waals surface area contributed by atoms with Gasteiger partial charge < -0.3 is 14.6 Å². The number of rotatable bonds is 6. The van der Waals surface area contributed by atoms with E-state index in [0.717, 1.165) is 21.3 Å². The summed E-state index contributed by atoms with van der Waals surface area (Å²) in [5.41, 5.74) is 0. The first-order chi connectivity index (χ1) is 13.3. The van der Waals surface area contributed by atoms with Crippen molar-refractivity contribution in [1.82, 2.24) is 9.62 Å². The van der Waals surface area contributed by atoms with Crippen molar-refractivity contribution in [3.8, 4) is 0 Å². The van der Waals surface area contributed by atoms with Gasteiger partial charge in [0.1, 0.15) is 22.3 Å². The monoisotopic (exact) mass is 414 g/mol. The molecule has 10 heteroatoms. The molecule has 1 atom stereocenters. The summed E-state index contributed by atoms with van der Waals surface area (Å²) in [5, 5.41) is 2.83. The number of hydrogen-bond acceptors (Lipinski definition) is 4. The molecule has 1 fully saturated rings. The summed E-state index contributed by atoms with van der Waals surface area (Å²) in [6, 6.07) is 5.61. The minimum Gasteiger partial charge on any atom is -0.467 e. The summed E-state index contributed by atoms with van der Waals surface area (Å²) in [5.74, 6) is -1.32. The van der Waals surface area contributed by atoms with Gasteiger partial charge >= 0.3 is 0 Å². The Balaban J connectivity index is 1.55. The molecule has 2 aromatic rings. The van der Waals surface area contributed by atoms with Gasteiger partial charge in [-0.25, -0.2) is 17.2 Å². The molecule has 1 aliphatic heterocycles. The van der Waals surface area contributed by atoms with Crippen molar-refractivity contribution in [3.05, 3.63) is 54.0 Å². The van der Waals surface area contributed by atoms with Crippen molar-refractivity contribution < 1.29 is 31.3 Å². The van der Waals surface area contributed by atoms with Gasteiger partial charge in [0, 0.05) is 0 Å². The van der Waals surface area contributed by atoms with Gasteiger partial charge in [0.15, 0.2) is 6.54 Å². The van der Waals surface area contributed by atoms with Gasteiger partial charge in [0.05, 0.1) is 38.5 Å². The van der Waals surface area contributed by atoms with E-state index in [2.05, 4.69) is 5.32 Å². The summed E-state index contributed by atoms with van der Waals surface area (Å²) in [7, 11) is -4.12. The molecule has 2 N–H and O–H groups in total. The number of amides is 1.